The Morgan fingerprint density at radius 3 is 1.36 bits per heavy atom. The van der Waals surface area contributed by atoms with Gasteiger partial charge in [0.25, 0.3) is 11.8 Å². The minimum Gasteiger partial charge on any atom is -0.377 e. The summed E-state index contributed by atoms with van der Waals surface area (Å²) < 4.78 is 22.8. The lowest BCUT2D eigenvalue weighted by Gasteiger charge is -2.38. The Hall–Kier alpha value is -4.72. The van der Waals surface area contributed by atoms with Gasteiger partial charge in [0, 0.05) is 121 Å². The highest BCUT2D eigenvalue weighted by molar-refractivity contribution is 6.36. The van der Waals surface area contributed by atoms with Crippen molar-refractivity contribution < 1.29 is 38.1 Å². The molecule has 0 radical (unpaired) electrons. The molecule has 6 aliphatic heterocycles. The molecule has 4 atom stereocenters. The van der Waals surface area contributed by atoms with Crippen molar-refractivity contribution in [2.24, 2.45) is 0 Å². The van der Waals surface area contributed by atoms with Crippen LogP contribution in [0.2, 0.25) is 20.1 Å². The van der Waals surface area contributed by atoms with Crippen molar-refractivity contribution in [3.05, 3.63) is 136 Å². The lowest BCUT2D eigenvalue weighted by atomic mass is 9.81. The van der Waals surface area contributed by atoms with Gasteiger partial charge in [-0.3, -0.25) is 19.4 Å². The Morgan fingerprint density at radius 2 is 0.923 bits per heavy atom. The number of unbranched alkanes of at least 4 members (excludes halogenated alkanes) is 1. The molecule has 16 nitrogen and oxygen atoms in total. The average Bonchev–Trinajstić information content (AvgIpc) is 4.40. The minimum atomic E-state index is -0.284. The van der Waals surface area contributed by atoms with Crippen LogP contribution in [0.15, 0.2) is 60.7 Å². The number of nitrogens with zero attached hydrogens (tertiary/aromatic N) is 4. The second-order valence-corrected chi connectivity index (χ2v) is 22.7. The molecule has 0 aromatic heterocycles. The monoisotopic (exact) mass is 1150 g/mol. The van der Waals surface area contributed by atoms with Crippen LogP contribution >= 0.6 is 46.4 Å². The fraction of sp³-hybridized carbons (Fsp3) is 0.517. The molecule has 0 aliphatic carbocycles. The standard InChI is InChI=1S/C58H70Cl4N8O8/c59-41-29-45-47(35-67-15-3-5-51(67)53(45)49(61)31-41)37-7-9-39-33-69(55(71)43(39)27-37)17-21-77-25-23-75-19-13-65-57(73)63-11-1-2-12-64-58(74)66-14-20-76-24-26-78-22-18-70-34-40-10-8-38(28-44(40)56(70)72)48-36-68-16-4-6-52(68)54-46(48)30-42(60)32-50(54)62/h7-10,27-32,47-48,51-52H,1-6,11-26,33-36H2,(H2,63,65,73)(H2,64,66,74)/t47-,48-,51?,52?/m0/s1. The Bertz CT molecular complexity index is 2640. The van der Waals surface area contributed by atoms with Crippen LogP contribution in [0.3, 0.4) is 0 Å². The molecule has 0 bridgehead atoms. The van der Waals surface area contributed by atoms with E-state index in [4.69, 9.17) is 65.4 Å². The number of urea groups is 2. The van der Waals surface area contributed by atoms with Crippen LogP contribution in [0.4, 0.5) is 9.59 Å². The molecule has 4 N–H and O–H groups in total. The molecular weight excluding hydrogens is 1080 g/mol. The SMILES string of the molecule is O=C(NCCCCNC(=O)NCCOCCOCCN1Cc2ccc([C@@H]3CN4CCCC4c4c(Cl)cc(Cl)cc43)cc2C1=O)NCCOCCOCCN1Cc2ccc([C@@H]3CN4CCCC4c4c(Cl)cc(Cl)cc43)cc2C1=O. The molecule has 20 heteroatoms. The van der Waals surface area contributed by atoms with Crippen LogP contribution in [0.25, 0.3) is 0 Å². The Balaban J connectivity index is 0.505. The number of carbonyl (C=O) groups is 4. The summed E-state index contributed by atoms with van der Waals surface area (Å²) in [5.41, 5.74) is 10.4. The predicted octanol–water partition coefficient (Wildman–Crippen LogP) is 8.92. The highest BCUT2D eigenvalue weighted by Gasteiger charge is 2.41. The van der Waals surface area contributed by atoms with Gasteiger partial charge in [-0.25, -0.2) is 9.59 Å². The zero-order valence-corrected chi connectivity index (χ0v) is 47.1. The molecule has 0 spiro atoms. The van der Waals surface area contributed by atoms with E-state index in [1.165, 1.54) is 22.3 Å². The third-order valence-corrected chi connectivity index (χ3v) is 17.1. The number of ether oxygens (including phenoxy) is 4. The van der Waals surface area contributed by atoms with Gasteiger partial charge >= 0.3 is 12.1 Å². The number of rotatable bonds is 25. The normalized spacial score (nSPS) is 20.3. The van der Waals surface area contributed by atoms with Gasteiger partial charge in [-0.1, -0.05) is 70.7 Å². The van der Waals surface area contributed by atoms with Gasteiger partial charge in [0.05, 0.1) is 52.9 Å². The zero-order valence-electron chi connectivity index (χ0n) is 44.0. The summed E-state index contributed by atoms with van der Waals surface area (Å²) in [4.78, 5) is 60.1. The van der Waals surface area contributed by atoms with Gasteiger partial charge in [0.2, 0.25) is 0 Å². The first kappa shape index (κ1) is 56.6. The molecular formula is C58H70Cl4N8O8. The number of benzene rings is 4. The minimum absolute atomic E-state index is 0.0150. The summed E-state index contributed by atoms with van der Waals surface area (Å²) in [5.74, 6) is 0.206. The Labute approximate surface area is 477 Å². The summed E-state index contributed by atoms with van der Waals surface area (Å²) in [5, 5.41) is 13.9. The second kappa shape index (κ2) is 26.7. The van der Waals surface area contributed by atoms with Crippen LogP contribution in [-0.2, 0) is 32.0 Å². The maximum Gasteiger partial charge on any atom is 0.314 e. The number of hydrogen-bond acceptors (Lipinski definition) is 10. The lowest BCUT2D eigenvalue weighted by Crippen LogP contribution is -2.39. The van der Waals surface area contributed by atoms with Crippen molar-refractivity contribution in [1.82, 2.24) is 40.9 Å². The number of fused-ring (bicyclic) bond motifs is 8. The van der Waals surface area contributed by atoms with Gasteiger partial charge in [-0.15, -0.1) is 0 Å². The molecule has 0 saturated carbocycles. The predicted molar refractivity (Wildman–Crippen MR) is 301 cm³/mol. The Kier molecular flexibility index (Phi) is 19.4. The topological polar surface area (TPSA) is 166 Å². The molecule has 2 fully saturated rings. The van der Waals surface area contributed by atoms with Crippen molar-refractivity contribution in [3.63, 3.8) is 0 Å². The fourth-order valence-corrected chi connectivity index (χ4v) is 13.5. The summed E-state index contributed by atoms with van der Waals surface area (Å²) >= 11 is 26.6. The largest absolute Gasteiger partial charge is 0.377 e. The maximum atomic E-state index is 13.5. The third-order valence-electron chi connectivity index (χ3n) is 16.1. The number of nitrogens with one attached hydrogen (secondary N) is 4. The number of amides is 6. The smallest absolute Gasteiger partial charge is 0.314 e. The van der Waals surface area contributed by atoms with E-state index in [1.54, 1.807) is 0 Å². The number of halogens is 4. The number of hydrogen-bond donors (Lipinski definition) is 4. The highest BCUT2D eigenvalue weighted by Crippen LogP contribution is 2.50. The van der Waals surface area contributed by atoms with Crippen LogP contribution in [0.5, 0.6) is 0 Å². The second-order valence-electron chi connectivity index (χ2n) is 21.0. The maximum absolute atomic E-state index is 13.5. The zero-order chi connectivity index (χ0) is 54.1. The molecule has 10 rings (SSSR count). The molecule has 2 unspecified atom stereocenters. The van der Waals surface area contributed by atoms with E-state index in [0.29, 0.717) is 140 Å². The molecule has 418 valence electrons. The molecule has 6 heterocycles. The molecule has 6 amide bonds. The van der Waals surface area contributed by atoms with E-state index in [1.807, 2.05) is 21.9 Å². The van der Waals surface area contributed by atoms with Gasteiger partial charge in [0.15, 0.2) is 0 Å². The van der Waals surface area contributed by atoms with E-state index < -0.39 is 0 Å². The van der Waals surface area contributed by atoms with Crippen molar-refractivity contribution in [1.29, 1.82) is 0 Å². The van der Waals surface area contributed by atoms with Crippen molar-refractivity contribution in [2.75, 3.05) is 118 Å². The summed E-state index contributed by atoms with van der Waals surface area (Å²) in [6.07, 6.45) is 5.86. The Morgan fingerprint density at radius 1 is 0.513 bits per heavy atom. The molecule has 78 heavy (non-hydrogen) atoms. The van der Waals surface area contributed by atoms with Crippen LogP contribution in [-0.4, -0.2) is 162 Å². The highest BCUT2D eigenvalue weighted by atomic mass is 35.5. The molecule has 4 aromatic rings. The molecule has 4 aromatic carbocycles. The van der Waals surface area contributed by atoms with Crippen LogP contribution < -0.4 is 21.3 Å². The van der Waals surface area contributed by atoms with Crippen LogP contribution in [0, 0.1) is 0 Å². The quantitative estimate of drug-likeness (QED) is 0.0471. The van der Waals surface area contributed by atoms with E-state index >= 15 is 0 Å². The van der Waals surface area contributed by atoms with E-state index in [0.717, 1.165) is 95.3 Å². The van der Waals surface area contributed by atoms with Crippen molar-refractivity contribution >= 4 is 70.3 Å². The third kappa shape index (κ3) is 13.4. The van der Waals surface area contributed by atoms with Gasteiger partial charge < -0.3 is 50.0 Å². The van der Waals surface area contributed by atoms with Gasteiger partial charge in [-0.2, -0.15) is 0 Å². The van der Waals surface area contributed by atoms with Crippen LogP contribution in [0.1, 0.15) is 128 Å². The summed E-state index contributed by atoms with van der Waals surface area (Å²) in [6, 6.07) is 20.5. The molecule has 2 saturated heterocycles. The van der Waals surface area contributed by atoms with E-state index in [2.05, 4.69) is 79.6 Å². The summed E-state index contributed by atoms with van der Waals surface area (Å²) in [7, 11) is 0. The first-order valence-corrected chi connectivity index (χ1v) is 29.2. The fourth-order valence-electron chi connectivity index (χ4n) is 12.3. The first-order valence-electron chi connectivity index (χ1n) is 27.6. The number of carbonyl (C=O) groups excluding carboxylic acids is 4. The van der Waals surface area contributed by atoms with Gasteiger partial charge in [-0.05, 0) is 133 Å². The van der Waals surface area contributed by atoms with Crippen molar-refractivity contribution in [3.8, 4) is 0 Å². The van der Waals surface area contributed by atoms with E-state index in [-0.39, 0.29) is 35.7 Å². The lowest BCUT2D eigenvalue weighted by molar-refractivity contribution is 0.0377. The molecule has 6 aliphatic rings. The van der Waals surface area contributed by atoms with Gasteiger partial charge in [0.1, 0.15) is 0 Å². The average molecular weight is 1150 g/mol. The van der Waals surface area contributed by atoms with Crippen molar-refractivity contribution in [2.45, 2.75) is 75.5 Å². The van der Waals surface area contributed by atoms with E-state index in [9.17, 15) is 19.2 Å². The summed E-state index contributed by atoms with van der Waals surface area (Å²) in [6.45, 7) is 10.5. The first-order chi connectivity index (χ1) is 38.0.